The number of Topliss-reactive ketones (excluding diaryl/α,β-unsaturated/α-hetero) is 1. The van der Waals surface area contributed by atoms with E-state index in [0.29, 0.717) is 22.1 Å². The van der Waals surface area contributed by atoms with Gasteiger partial charge in [0.15, 0.2) is 5.78 Å². The summed E-state index contributed by atoms with van der Waals surface area (Å²) < 4.78 is 10.2. The van der Waals surface area contributed by atoms with Gasteiger partial charge in [0.2, 0.25) is 0 Å². The molecule has 0 bridgehead atoms. The van der Waals surface area contributed by atoms with E-state index < -0.39 is 0 Å². The largest absolute Gasteiger partial charge is 0.497 e. The number of methoxy groups -OCH3 is 2. The van der Waals surface area contributed by atoms with Crippen molar-refractivity contribution in [3.63, 3.8) is 0 Å². The van der Waals surface area contributed by atoms with Crippen LogP contribution in [0.3, 0.4) is 0 Å². The van der Waals surface area contributed by atoms with Crippen molar-refractivity contribution in [2.45, 2.75) is 0 Å². The number of hydrogen-bond acceptors (Lipinski definition) is 4. The highest BCUT2D eigenvalue weighted by Gasteiger charge is 2.16. The van der Waals surface area contributed by atoms with E-state index in [4.69, 9.17) is 21.1 Å². The molecule has 0 aliphatic carbocycles. The molecule has 16 heavy (non-hydrogen) atoms. The number of benzene rings is 1. The monoisotopic (exact) mass is 243 g/mol. The minimum atomic E-state index is -0.0971. The van der Waals surface area contributed by atoms with Gasteiger partial charge in [0.05, 0.1) is 31.4 Å². The molecule has 0 saturated heterocycles. The van der Waals surface area contributed by atoms with Crippen molar-refractivity contribution >= 4 is 17.4 Å². The zero-order chi connectivity index (χ0) is 12.1. The Morgan fingerprint density at radius 1 is 1.38 bits per heavy atom. The van der Waals surface area contributed by atoms with Crippen LogP contribution in [-0.4, -0.2) is 33.6 Å². The van der Waals surface area contributed by atoms with Crippen molar-refractivity contribution in [1.29, 1.82) is 0 Å². The number of likely N-dealkylation sites (N-methyl/N-ethyl adjacent to an activating group) is 1. The molecule has 0 radical (unpaired) electrons. The zero-order valence-electron chi connectivity index (χ0n) is 9.46. The third-order valence-corrected chi connectivity index (χ3v) is 2.38. The molecule has 0 saturated carbocycles. The standard InChI is InChI=1S/C11H14ClNO3/c1-13-6-10(14)8-4-7(15-2)5-9(12)11(8)16-3/h4-5,13H,6H2,1-3H3. The Morgan fingerprint density at radius 2 is 2.06 bits per heavy atom. The van der Waals surface area contributed by atoms with Crippen LogP contribution in [0.25, 0.3) is 0 Å². The second-order valence-corrected chi connectivity index (χ2v) is 3.55. The highest BCUT2D eigenvalue weighted by molar-refractivity contribution is 6.33. The second-order valence-electron chi connectivity index (χ2n) is 3.14. The third-order valence-electron chi connectivity index (χ3n) is 2.09. The van der Waals surface area contributed by atoms with Gasteiger partial charge < -0.3 is 14.8 Å². The molecule has 0 atom stereocenters. The quantitative estimate of drug-likeness (QED) is 0.801. The molecule has 1 aromatic rings. The average molecular weight is 244 g/mol. The third kappa shape index (κ3) is 2.65. The first-order valence-corrected chi connectivity index (χ1v) is 5.11. The van der Waals surface area contributed by atoms with Crippen LogP contribution in [0, 0.1) is 0 Å². The Hall–Kier alpha value is -1.26. The normalized spacial score (nSPS) is 10.0. The van der Waals surface area contributed by atoms with Gasteiger partial charge in [0.1, 0.15) is 11.5 Å². The molecule has 0 aliphatic heterocycles. The first-order chi connectivity index (χ1) is 7.63. The lowest BCUT2D eigenvalue weighted by atomic mass is 10.1. The molecule has 0 spiro atoms. The second kappa shape index (κ2) is 5.72. The smallest absolute Gasteiger partial charge is 0.180 e. The molecular formula is C11H14ClNO3. The average Bonchev–Trinajstić information content (AvgIpc) is 2.28. The van der Waals surface area contributed by atoms with E-state index in [1.54, 1.807) is 19.2 Å². The van der Waals surface area contributed by atoms with Crippen molar-refractivity contribution in [2.75, 3.05) is 27.8 Å². The van der Waals surface area contributed by atoms with E-state index in [-0.39, 0.29) is 12.3 Å². The minimum absolute atomic E-state index is 0.0971. The number of ketones is 1. The number of halogens is 1. The Kier molecular flexibility index (Phi) is 4.58. The predicted molar refractivity (Wildman–Crippen MR) is 62.8 cm³/mol. The van der Waals surface area contributed by atoms with Crippen LogP contribution in [0.2, 0.25) is 5.02 Å². The SMILES string of the molecule is CNCC(=O)c1cc(OC)cc(Cl)c1OC. The summed E-state index contributed by atoms with van der Waals surface area (Å²) in [6.07, 6.45) is 0. The summed E-state index contributed by atoms with van der Waals surface area (Å²) in [5.74, 6) is 0.813. The molecule has 4 nitrogen and oxygen atoms in total. The summed E-state index contributed by atoms with van der Waals surface area (Å²) in [4.78, 5) is 11.8. The molecular weight excluding hydrogens is 230 g/mol. The number of rotatable bonds is 5. The Labute approximate surface area is 99.5 Å². The fourth-order valence-corrected chi connectivity index (χ4v) is 1.64. The first kappa shape index (κ1) is 12.8. The van der Waals surface area contributed by atoms with Gasteiger partial charge in [0.25, 0.3) is 0 Å². The van der Waals surface area contributed by atoms with Crippen molar-refractivity contribution < 1.29 is 14.3 Å². The molecule has 0 fully saturated rings. The number of carbonyl (C=O) groups is 1. The van der Waals surface area contributed by atoms with Crippen LogP contribution in [0.1, 0.15) is 10.4 Å². The summed E-state index contributed by atoms with van der Waals surface area (Å²) in [5.41, 5.74) is 0.418. The van der Waals surface area contributed by atoms with Gasteiger partial charge in [-0.05, 0) is 13.1 Å². The van der Waals surface area contributed by atoms with Gasteiger partial charge in [-0.2, -0.15) is 0 Å². The summed E-state index contributed by atoms with van der Waals surface area (Å²) in [5, 5.41) is 3.15. The summed E-state index contributed by atoms with van der Waals surface area (Å²) >= 11 is 5.98. The first-order valence-electron chi connectivity index (χ1n) is 4.73. The van der Waals surface area contributed by atoms with Gasteiger partial charge >= 0.3 is 0 Å². The van der Waals surface area contributed by atoms with E-state index in [0.717, 1.165) is 0 Å². The highest BCUT2D eigenvalue weighted by atomic mass is 35.5. The van der Waals surface area contributed by atoms with Crippen LogP contribution < -0.4 is 14.8 Å². The fraction of sp³-hybridized carbons (Fsp3) is 0.364. The molecule has 1 N–H and O–H groups in total. The van der Waals surface area contributed by atoms with Crippen molar-refractivity contribution in [3.05, 3.63) is 22.7 Å². The zero-order valence-corrected chi connectivity index (χ0v) is 10.2. The van der Waals surface area contributed by atoms with Gasteiger partial charge in [-0.25, -0.2) is 0 Å². The molecule has 1 aromatic carbocycles. The van der Waals surface area contributed by atoms with Crippen LogP contribution in [0.5, 0.6) is 11.5 Å². The van der Waals surface area contributed by atoms with Gasteiger partial charge in [-0.3, -0.25) is 4.79 Å². The van der Waals surface area contributed by atoms with E-state index in [2.05, 4.69) is 5.32 Å². The maximum Gasteiger partial charge on any atom is 0.180 e. The molecule has 0 heterocycles. The van der Waals surface area contributed by atoms with E-state index in [1.807, 2.05) is 0 Å². The molecule has 0 amide bonds. The topological polar surface area (TPSA) is 47.6 Å². The summed E-state index contributed by atoms with van der Waals surface area (Å²) in [6, 6.07) is 3.22. The number of hydrogen-bond donors (Lipinski definition) is 1. The van der Waals surface area contributed by atoms with Crippen molar-refractivity contribution in [2.24, 2.45) is 0 Å². The summed E-state index contributed by atoms with van der Waals surface area (Å²) in [7, 11) is 4.69. The van der Waals surface area contributed by atoms with Crippen molar-refractivity contribution in [1.82, 2.24) is 5.32 Å². The van der Waals surface area contributed by atoms with Crippen LogP contribution >= 0.6 is 11.6 Å². The molecule has 0 aromatic heterocycles. The minimum Gasteiger partial charge on any atom is -0.497 e. The Morgan fingerprint density at radius 3 is 2.56 bits per heavy atom. The van der Waals surface area contributed by atoms with Gasteiger partial charge in [0, 0.05) is 6.07 Å². The van der Waals surface area contributed by atoms with Crippen molar-refractivity contribution in [3.8, 4) is 11.5 Å². The maximum absolute atomic E-state index is 11.8. The van der Waals surface area contributed by atoms with Crippen LogP contribution in [0.15, 0.2) is 12.1 Å². The lowest BCUT2D eigenvalue weighted by molar-refractivity contribution is 0.0990. The van der Waals surface area contributed by atoms with Gasteiger partial charge in [-0.15, -0.1) is 0 Å². The van der Waals surface area contributed by atoms with Crippen LogP contribution in [0.4, 0.5) is 0 Å². The molecule has 88 valence electrons. The number of carbonyl (C=O) groups excluding carboxylic acids is 1. The number of nitrogens with one attached hydrogen (secondary N) is 1. The summed E-state index contributed by atoms with van der Waals surface area (Å²) in [6.45, 7) is 0.222. The molecule has 5 heteroatoms. The Balaban J connectivity index is 3.22. The fourth-order valence-electron chi connectivity index (χ4n) is 1.36. The number of ether oxygens (including phenoxy) is 2. The molecule has 0 unspecified atom stereocenters. The molecule has 0 aliphatic rings. The maximum atomic E-state index is 11.8. The van der Waals surface area contributed by atoms with Gasteiger partial charge in [-0.1, -0.05) is 11.6 Å². The molecule has 1 rings (SSSR count). The van der Waals surface area contributed by atoms with Crippen LogP contribution in [-0.2, 0) is 0 Å². The van der Waals surface area contributed by atoms with E-state index >= 15 is 0 Å². The predicted octanol–water partition coefficient (Wildman–Crippen LogP) is 1.76. The van der Waals surface area contributed by atoms with E-state index in [1.165, 1.54) is 14.2 Å². The lowest BCUT2D eigenvalue weighted by Gasteiger charge is -2.11. The van der Waals surface area contributed by atoms with E-state index in [9.17, 15) is 4.79 Å². The lowest BCUT2D eigenvalue weighted by Crippen LogP contribution is -2.19. The highest BCUT2D eigenvalue weighted by Crippen LogP contribution is 2.33. The Bertz CT molecular complexity index is 393.